The molecule has 0 radical (unpaired) electrons. The molecule has 1 atom stereocenters. The number of fused-ring (bicyclic) bond motifs is 2. The molecule has 2 aliphatic heterocycles. The van der Waals surface area contributed by atoms with E-state index in [1.807, 2.05) is 54.3 Å². The molecular weight excluding hydrogens is 512 g/mol. The minimum absolute atomic E-state index is 0.0247. The van der Waals surface area contributed by atoms with Gasteiger partial charge in [0.15, 0.2) is 0 Å². The number of imide groups is 1. The lowest BCUT2D eigenvalue weighted by molar-refractivity contribution is 0.0657. The number of aryl methyl sites for hydroxylation is 1. The van der Waals surface area contributed by atoms with Crippen molar-refractivity contribution in [1.82, 2.24) is 15.2 Å². The molecule has 0 unspecified atom stereocenters. The highest BCUT2D eigenvalue weighted by atomic mass is 16.2. The lowest BCUT2D eigenvalue weighted by Gasteiger charge is -2.35. The van der Waals surface area contributed by atoms with E-state index in [4.69, 9.17) is 4.98 Å². The number of anilines is 1. The Morgan fingerprint density at radius 1 is 1.02 bits per heavy atom. The van der Waals surface area contributed by atoms with Gasteiger partial charge in [-0.25, -0.2) is 4.98 Å². The Balaban J connectivity index is 1.24. The van der Waals surface area contributed by atoms with Gasteiger partial charge >= 0.3 is 0 Å². The van der Waals surface area contributed by atoms with Crippen LogP contribution < -0.4 is 10.2 Å². The van der Waals surface area contributed by atoms with Crippen molar-refractivity contribution in [2.45, 2.75) is 32.2 Å². The van der Waals surface area contributed by atoms with E-state index in [-0.39, 0.29) is 30.3 Å². The van der Waals surface area contributed by atoms with Gasteiger partial charge in [-0.3, -0.25) is 24.2 Å². The van der Waals surface area contributed by atoms with Gasteiger partial charge in [-0.2, -0.15) is 0 Å². The average molecular weight is 543 g/mol. The van der Waals surface area contributed by atoms with Gasteiger partial charge in [0.05, 0.1) is 17.2 Å². The van der Waals surface area contributed by atoms with Gasteiger partial charge in [-0.05, 0) is 73.7 Å². The van der Waals surface area contributed by atoms with Gasteiger partial charge in [0.2, 0.25) is 0 Å². The molecule has 4 aromatic rings. The first-order valence-corrected chi connectivity index (χ1v) is 14.0. The molecule has 41 heavy (non-hydrogen) atoms. The number of carbonyl (C=O) groups is 3. The number of piperidine rings is 1. The molecule has 6 rings (SSSR count). The van der Waals surface area contributed by atoms with Crippen LogP contribution in [0.4, 0.5) is 5.82 Å². The average Bonchev–Trinajstić information content (AvgIpc) is 3.25. The lowest BCUT2D eigenvalue weighted by Crippen LogP contribution is -2.49. The fourth-order valence-electron chi connectivity index (χ4n) is 5.70. The van der Waals surface area contributed by atoms with Crippen molar-refractivity contribution in [2.24, 2.45) is 0 Å². The number of carbonyl (C=O) groups excluding carboxylic acids is 3. The minimum Gasteiger partial charge on any atom is -0.315 e. The number of hydrogen-bond donors (Lipinski definition) is 1. The zero-order chi connectivity index (χ0) is 28.3. The van der Waals surface area contributed by atoms with Crippen molar-refractivity contribution in [3.63, 3.8) is 0 Å². The predicted octanol–water partition coefficient (Wildman–Crippen LogP) is 4.98. The first-order valence-electron chi connectivity index (χ1n) is 14.0. The van der Waals surface area contributed by atoms with Crippen molar-refractivity contribution >= 4 is 34.3 Å². The van der Waals surface area contributed by atoms with Gasteiger partial charge in [0.25, 0.3) is 17.7 Å². The number of nitrogens with one attached hydrogen (secondary N) is 1. The first kappa shape index (κ1) is 26.4. The van der Waals surface area contributed by atoms with Crippen molar-refractivity contribution in [2.75, 3.05) is 24.5 Å². The number of pyridine rings is 1. The van der Waals surface area contributed by atoms with E-state index in [1.54, 1.807) is 36.5 Å². The van der Waals surface area contributed by atoms with Gasteiger partial charge < -0.3 is 5.32 Å². The third-order valence-corrected chi connectivity index (χ3v) is 7.74. The van der Waals surface area contributed by atoms with Gasteiger partial charge in [0, 0.05) is 42.2 Å². The molecule has 0 spiro atoms. The molecule has 7 nitrogen and oxygen atoms in total. The van der Waals surface area contributed by atoms with E-state index >= 15 is 0 Å². The van der Waals surface area contributed by atoms with Crippen molar-refractivity contribution in [1.29, 1.82) is 0 Å². The highest BCUT2D eigenvalue weighted by Gasteiger charge is 2.34. The molecule has 7 heteroatoms. The quantitative estimate of drug-likeness (QED) is 0.284. The van der Waals surface area contributed by atoms with E-state index in [2.05, 4.69) is 17.2 Å². The fourth-order valence-corrected chi connectivity index (χ4v) is 5.70. The van der Waals surface area contributed by atoms with E-state index < -0.39 is 0 Å². The van der Waals surface area contributed by atoms with Crippen LogP contribution in [-0.2, 0) is 0 Å². The number of benzene rings is 3. The Morgan fingerprint density at radius 2 is 1.80 bits per heavy atom. The number of hydrogen-bond acceptors (Lipinski definition) is 5. The van der Waals surface area contributed by atoms with E-state index in [9.17, 15) is 14.4 Å². The summed E-state index contributed by atoms with van der Waals surface area (Å²) in [5, 5.41) is 5.47. The summed E-state index contributed by atoms with van der Waals surface area (Å²) in [6, 6.07) is 22.2. The van der Waals surface area contributed by atoms with E-state index in [0.717, 1.165) is 35.7 Å². The van der Waals surface area contributed by atoms with Crippen LogP contribution in [-0.4, -0.2) is 53.3 Å². The summed E-state index contributed by atoms with van der Waals surface area (Å²) < 4.78 is 0. The Morgan fingerprint density at radius 3 is 2.56 bits per heavy atom. The molecule has 0 aliphatic carbocycles. The maximum absolute atomic E-state index is 14.2. The molecular formula is C34H30N4O3. The minimum atomic E-state index is -0.283. The van der Waals surface area contributed by atoms with Crippen molar-refractivity contribution < 1.29 is 14.4 Å². The standard InChI is InChI=1S/C34H30N4O3/c1-23-9-6-12-25-17-19-36-31(30(23)25)38(27-14-8-18-35-22-27)32(39)26-13-7-11-24(21-26)10-4-5-20-37-33(40)28-15-2-3-16-29(28)34(37)41/h2-3,6-7,9,11-13,15-17,19,21,27,35H,5,8,14,18,20,22H2,1H3/t27-/m1/s1. The van der Waals surface area contributed by atoms with E-state index in [1.165, 1.54) is 4.90 Å². The molecule has 1 N–H and O–H groups in total. The number of amides is 3. The van der Waals surface area contributed by atoms with Crippen LogP contribution in [0.2, 0.25) is 0 Å². The molecule has 2 aliphatic rings. The SMILES string of the molecule is Cc1cccc2ccnc(N(C(=O)c3cccc(C#CCCN4C(=O)c5ccccc5C4=O)c3)[C@@H]3CCCNC3)c12. The smallest absolute Gasteiger partial charge is 0.261 e. The summed E-state index contributed by atoms with van der Waals surface area (Å²) >= 11 is 0. The second kappa shape index (κ2) is 11.4. The third kappa shape index (κ3) is 5.10. The summed E-state index contributed by atoms with van der Waals surface area (Å²) in [4.78, 5) is 47.2. The Hall–Kier alpha value is -4.80. The highest BCUT2D eigenvalue weighted by molar-refractivity contribution is 6.21. The molecule has 204 valence electrons. The molecule has 3 amide bonds. The van der Waals surface area contributed by atoms with Crippen LogP contribution in [0.5, 0.6) is 0 Å². The lowest BCUT2D eigenvalue weighted by atomic mass is 10.0. The number of rotatable bonds is 5. The normalized spacial score (nSPS) is 16.3. The summed E-state index contributed by atoms with van der Waals surface area (Å²) in [6.07, 6.45) is 3.98. The highest BCUT2D eigenvalue weighted by Crippen LogP contribution is 2.31. The molecule has 1 aromatic heterocycles. The van der Waals surface area contributed by atoms with Crippen molar-refractivity contribution in [3.05, 3.63) is 107 Å². The Bertz CT molecular complexity index is 1690. The van der Waals surface area contributed by atoms with E-state index in [0.29, 0.717) is 41.0 Å². The molecule has 3 aromatic carbocycles. The van der Waals surface area contributed by atoms with Crippen LogP contribution >= 0.6 is 0 Å². The molecule has 0 bridgehead atoms. The Kier molecular flexibility index (Phi) is 7.32. The van der Waals surface area contributed by atoms with Gasteiger partial charge in [0.1, 0.15) is 5.82 Å². The summed E-state index contributed by atoms with van der Waals surface area (Å²) in [5.74, 6) is 6.19. The second-order valence-electron chi connectivity index (χ2n) is 10.4. The maximum atomic E-state index is 14.2. The predicted molar refractivity (Wildman–Crippen MR) is 159 cm³/mol. The Labute approximate surface area is 239 Å². The van der Waals surface area contributed by atoms with Crippen LogP contribution in [0.3, 0.4) is 0 Å². The molecule has 0 saturated carbocycles. The van der Waals surface area contributed by atoms with Crippen LogP contribution in [0, 0.1) is 18.8 Å². The van der Waals surface area contributed by atoms with Crippen LogP contribution in [0.1, 0.15) is 61.5 Å². The zero-order valence-electron chi connectivity index (χ0n) is 22.9. The summed E-state index contributed by atoms with van der Waals surface area (Å²) in [7, 11) is 0. The maximum Gasteiger partial charge on any atom is 0.261 e. The third-order valence-electron chi connectivity index (χ3n) is 7.74. The first-order chi connectivity index (χ1) is 20.0. The molecule has 3 heterocycles. The van der Waals surface area contributed by atoms with Crippen LogP contribution in [0.25, 0.3) is 10.8 Å². The van der Waals surface area contributed by atoms with Crippen molar-refractivity contribution in [3.8, 4) is 11.8 Å². The molecule has 1 fully saturated rings. The monoisotopic (exact) mass is 542 g/mol. The fraction of sp³-hybridized carbons (Fsp3) is 0.235. The summed E-state index contributed by atoms with van der Waals surface area (Å²) in [6.45, 7) is 3.90. The van der Waals surface area contributed by atoms with Gasteiger partial charge in [-0.1, -0.05) is 48.2 Å². The van der Waals surface area contributed by atoms with Crippen LogP contribution in [0.15, 0.2) is 79.0 Å². The topological polar surface area (TPSA) is 82.6 Å². The number of nitrogens with zero attached hydrogens (tertiary/aromatic N) is 3. The van der Waals surface area contributed by atoms with Gasteiger partial charge in [-0.15, -0.1) is 0 Å². The summed E-state index contributed by atoms with van der Waals surface area (Å²) in [5.41, 5.74) is 3.18. The molecule has 1 saturated heterocycles. The number of aromatic nitrogens is 1. The second-order valence-corrected chi connectivity index (χ2v) is 10.4. The largest absolute Gasteiger partial charge is 0.315 e. The zero-order valence-corrected chi connectivity index (χ0v) is 22.9.